The van der Waals surface area contributed by atoms with Crippen molar-refractivity contribution in [2.75, 3.05) is 12.4 Å². The van der Waals surface area contributed by atoms with E-state index in [0.29, 0.717) is 5.56 Å². The van der Waals surface area contributed by atoms with Crippen LogP contribution >= 0.6 is 11.3 Å². The van der Waals surface area contributed by atoms with Crippen LogP contribution in [-0.4, -0.2) is 29.8 Å². The van der Waals surface area contributed by atoms with E-state index < -0.39 is 22.7 Å². The molecule has 10 heteroatoms. The van der Waals surface area contributed by atoms with Gasteiger partial charge in [0.25, 0.3) is 11.6 Å². The van der Waals surface area contributed by atoms with Crippen LogP contribution in [0.5, 0.6) is 0 Å². The summed E-state index contributed by atoms with van der Waals surface area (Å²) < 4.78 is 4.68. The molecule has 0 aliphatic carbocycles. The lowest BCUT2D eigenvalue weighted by Gasteiger charge is -2.06. The molecule has 136 valence electrons. The minimum absolute atomic E-state index is 0.0298. The number of carbonyl (C=O) groups excluding carboxylic acids is 3. The first-order chi connectivity index (χ1) is 12.3. The number of carbonyl (C=O) groups is 3. The summed E-state index contributed by atoms with van der Waals surface area (Å²) in [5.74, 6) is -2.05. The second-order valence-electron chi connectivity index (χ2n) is 5.23. The summed E-state index contributed by atoms with van der Waals surface area (Å²) in [6, 6.07) is 5.84. The molecule has 0 radical (unpaired) electrons. The number of nitro benzene ring substituents is 1. The van der Waals surface area contributed by atoms with E-state index in [2.05, 4.69) is 10.1 Å². The molecule has 0 saturated heterocycles. The first-order valence-corrected chi connectivity index (χ1v) is 8.11. The van der Waals surface area contributed by atoms with E-state index in [9.17, 15) is 24.5 Å². The summed E-state index contributed by atoms with van der Waals surface area (Å²) in [6.45, 7) is 1.51. The van der Waals surface area contributed by atoms with Crippen molar-refractivity contribution in [1.82, 2.24) is 0 Å². The number of benzene rings is 1. The number of methoxy groups -OCH3 is 1. The lowest BCUT2D eigenvalue weighted by molar-refractivity contribution is -0.385. The highest BCUT2D eigenvalue weighted by molar-refractivity contribution is 7.18. The molecule has 9 nitrogen and oxygen atoms in total. The number of nitrogens with two attached hydrogens (primary N) is 1. The Morgan fingerprint density at radius 3 is 2.54 bits per heavy atom. The third-order valence-electron chi connectivity index (χ3n) is 3.55. The zero-order chi connectivity index (χ0) is 19.4. The number of nitrogens with zero attached hydrogens (tertiary/aromatic N) is 1. The second-order valence-corrected chi connectivity index (χ2v) is 6.25. The number of rotatable bonds is 6. The number of para-hydroxylation sites is 1. The molecule has 3 N–H and O–H groups in total. The third kappa shape index (κ3) is 3.86. The van der Waals surface area contributed by atoms with E-state index in [4.69, 9.17) is 5.73 Å². The number of nitrogens with one attached hydrogen (secondary N) is 1. The molecule has 1 heterocycles. The van der Waals surface area contributed by atoms with Crippen LogP contribution in [0.4, 0.5) is 10.7 Å². The Hall–Kier alpha value is -3.27. The zero-order valence-corrected chi connectivity index (χ0v) is 14.7. The summed E-state index contributed by atoms with van der Waals surface area (Å²) in [5, 5.41) is 13.6. The Balaban J connectivity index is 2.32. The third-order valence-corrected chi connectivity index (χ3v) is 4.77. The second kappa shape index (κ2) is 7.74. The molecule has 0 spiro atoms. The lowest BCUT2D eigenvalue weighted by atomic mass is 10.1. The molecule has 0 unspecified atom stereocenters. The number of hydrogen-bond donors (Lipinski definition) is 2. The average molecular weight is 377 g/mol. The summed E-state index contributed by atoms with van der Waals surface area (Å²) in [5.41, 5.74) is 5.64. The first kappa shape index (κ1) is 19.1. The highest BCUT2D eigenvalue weighted by Crippen LogP contribution is 2.33. The normalized spacial score (nSPS) is 10.2. The van der Waals surface area contributed by atoms with Gasteiger partial charge >= 0.3 is 5.97 Å². The van der Waals surface area contributed by atoms with Crippen LogP contribution in [0.25, 0.3) is 0 Å². The predicted molar refractivity (Wildman–Crippen MR) is 94.3 cm³/mol. The maximum Gasteiger partial charge on any atom is 0.341 e. The van der Waals surface area contributed by atoms with Gasteiger partial charge in [-0.3, -0.25) is 19.7 Å². The van der Waals surface area contributed by atoms with Crippen LogP contribution < -0.4 is 11.1 Å². The van der Waals surface area contributed by atoms with Gasteiger partial charge in [-0.25, -0.2) is 4.79 Å². The van der Waals surface area contributed by atoms with Gasteiger partial charge in [0.2, 0.25) is 5.91 Å². The lowest BCUT2D eigenvalue weighted by Crippen LogP contribution is -2.17. The van der Waals surface area contributed by atoms with Gasteiger partial charge in [0.1, 0.15) is 5.00 Å². The summed E-state index contributed by atoms with van der Waals surface area (Å²) in [4.78, 5) is 46.3. The van der Waals surface area contributed by atoms with Gasteiger partial charge in [0, 0.05) is 11.6 Å². The van der Waals surface area contributed by atoms with Crippen LogP contribution in [0.15, 0.2) is 24.3 Å². The molecular weight excluding hydrogens is 362 g/mol. The number of ether oxygens (including phenoxy) is 1. The molecule has 0 aliphatic rings. The summed E-state index contributed by atoms with van der Waals surface area (Å²) in [6.07, 6.45) is -0.277. The Kier molecular flexibility index (Phi) is 5.68. The van der Waals surface area contributed by atoms with Crippen molar-refractivity contribution >= 4 is 39.8 Å². The van der Waals surface area contributed by atoms with Crippen LogP contribution in [0.2, 0.25) is 0 Å². The number of amides is 2. The van der Waals surface area contributed by atoms with E-state index in [1.807, 2.05) is 0 Å². The van der Waals surface area contributed by atoms with Crippen molar-refractivity contribution in [2.45, 2.75) is 13.3 Å². The fourth-order valence-corrected chi connectivity index (χ4v) is 3.43. The fourth-order valence-electron chi connectivity index (χ4n) is 2.37. The monoisotopic (exact) mass is 377 g/mol. The van der Waals surface area contributed by atoms with E-state index >= 15 is 0 Å². The standard InChI is InChI=1S/C16H15N3O6S/c1-8-12(16(22)25-2)15(26-13(8)14(17)21)18-11(20)7-9-5-3-4-6-10(9)19(23)24/h3-6H,7H2,1-2H3,(H2,17,21)(H,18,20). The minimum Gasteiger partial charge on any atom is -0.465 e. The largest absolute Gasteiger partial charge is 0.465 e. The zero-order valence-electron chi connectivity index (χ0n) is 13.9. The van der Waals surface area contributed by atoms with Gasteiger partial charge in [-0.1, -0.05) is 18.2 Å². The Bertz CT molecular complexity index is 905. The van der Waals surface area contributed by atoms with Gasteiger partial charge in [0.05, 0.1) is 28.9 Å². The van der Waals surface area contributed by atoms with Gasteiger partial charge in [-0.15, -0.1) is 11.3 Å². The smallest absolute Gasteiger partial charge is 0.341 e. The number of anilines is 1. The van der Waals surface area contributed by atoms with Gasteiger partial charge in [-0.2, -0.15) is 0 Å². The predicted octanol–water partition coefficient (Wildman–Crippen LogP) is 2.03. The molecule has 1 aromatic heterocycles. The quantitative estimate of drug-likeness (QED) is 0.448. The van der Waals surface area contributed by atoms with E-state index in [1.165, 1.54) is 32.2 Å². The Morgan fingerprint density at radius 2 is 1.96 bits per heavy atom. The summed E-state index contributed by atoms with van der Waals surface area (Å²) >= 11 is 0.846. The van der Waals surface area contributed by atoms with Crippen molar-refractivity contribution in [3.63, 3.8) is 0 Å². The van der Waals surface area contributed by atoms with Crippen molar-refractivity contribution in [1.29, 1.82) is 0 Å². The molecule has 2 aromatic rings. The highest BCUT2D eigenvalue weighted by atomic mass is 32.1. The van der Waals surface area contributed by atoms with Crippen molar-refractivity contribution in [3.05, 3.63) is 55.9 Å². The molecule has 0 fully saturated rings. The number of primary amides is 1. The molecule has 2 amide bonds. The van der Waals surface area contributed by atoms with E-state index in [1.54, 1.807) is 6.07 Å². The molecular formula is C16H15N3O6S. The molecule has 26 heavy (non-hydrogen) atoms. The maximum absolute atomic E-state index is 12.3. The summed E-state index contributed by atoms with van der Waals surface area (Å²) in [7, 11) is 1.17. The Morgan fingerprint density at radius 1 is 1.31 bits per heavy atom. The van der Waals surface area contributed by atoms with Crippen molar-refractivity contribution in [2.24, 2.45) is 5.73 Å². The van der Waals surface area contributed by atoms with Crippen molar-refractivity contribution < 1.29 is 24.0 Å². The topological polar surface area (TPSA) is 142 Å². The molecule has 0 atom stereocenters. The molecule has 2 rings (SSSR count). The Labute approximate surface area is 151 Å². The van der Waals surface area contributed by atoms with Crippen LogP contribution in [-0.2, 0) is 16.0 Å². The van der Waals surface area contributed by atoms with Crippen LogP contribution in [0.1, 0.15) is 31.2 Å². The van der Waals surface area contributed by atoms with Crippen LogP contribution in [0, 0.1) is 17.0 Å². The number of esters is 1. The maximum atomic E-state index is 12.3. The molecule has 1 aromatic carbocycles. The number of thiophene rings is 1. The minimum atomic E-state index is -0.739. The van der Waals surface area contributed by atoms with Gasteiger partial charge in [-0.05, 0) is 12.5 Å². The first-order valence-electron chi connectivity index (χ1n) is 7.29. The van der Waals surface area contributed by atoms with E-state index in [-0.39, 0.29) is 33.1 Å². The van der Waals surface area contributed by atoms with Gasteiger partial charge in [0.15, 0.2) is 0 Å². The molecule has 0 bridgehead atoms. The van der Waals surface area contributed by atoms with Crippen molar-refractivity contribution in [3.8, 4) is 0 Å². The van der Waals surface area contributed by atoms with Crippen LogP contribution in [0.3, 0.4) is 0 Å². The van der Waals surface area contributed by atoms with Gasteiger partial charge < -0.3 is 15.8 Å². The number of hydrogen-bond acceptors (Lipinski definition) is 7. The molecule has 0 saturated carbocycles. The molecule has 0 aliphatic heterocycles. The fraction of sp³-hybridized carbons (Fsp3) is 0.188. The SMILES string of the molecule is COC(=O)c1c(NC(=O)Cc2ccccc2[N+](=O)[O-])sc(C(N)=O)c1C. The number of nitro groups is 1. The average Bonchev–Trinajstić information content (AvgIpc) is 2.90. The van der Waals surface area contributed by atoms with E-state index in [0.717, 1.165) is 11.3 Å². The highest BCUT2D eigenvalue weighted by Gasteiger charge is 2.26.